The van der Waals surface area contributed by atoms with E-state index in [1.807, 2.05) is 0 Å². The molecular weight excluding hydrogens is 176 g/mol. The number of carboxylic acids is 1. The first-order chi connectivity index (χ1) is 6.16. The first-order valence-corrected chi connectivity index (χ1v) is 3.28. The minimum atomic E-state index is -1.27. The third-order valence-corrected chi connectivity index (χ3v) is 1.40. The Bertz CT molecular complexity index is 350. The highest BCUT2D eigenvalue weighted by Gasteiger charge is 2.15. The fraction of sp³-hybridized carbons (Fsp3) is 0. The smallest absolute Gasteiger partial charge is 0.338 e. The lowest BCUT2D eigenvalue weighted by Crippen LogP contribution is -2.21. The maximum absolute atomic E-state index is 10.9. The van der Waals surface area contributed by atoms with E-state index in [-0.39, 0.29) is 11.1 Å². The molecule has 1 heterocycles. The van der Waals surface area contributed by atoms with Crippen LogP contribution in [0.5, 0.6) is 0 Å². The van der Waals surface area contributed by atoms with Gasteiger partial charge in [-0.25, -0.2) is 10.3 Å². The summed E-state index contributed by atoms with van der Waals surface area (Å²) in [5.41, 5.74) is 0.957. The zero-order chi connectivity index (χ0) is 9.84. The van der Waals surface area contributed by atoms with Gasteiger partial charge in [0.05, 0.1) is 11.1 Å². The van der Waals surface area contributed by atoms with Crippen LogP contribution in [0.4, 0.5) is 0 Å². The van der Waals surface area contributed by atoms with Crippen molar-refractivity contribution in [3.05, 3.63) is 29.6 Å². The fourth-order valence-corrected chi connectivity index (χ4v) is 0.823. The zero-order valence-electron chi connectivity index (χ0n) is 6.39. The van der Waals surface area contributed by atoms with E-state index >= 15 is 0 Å². The van der Waals surface area contributed by atoms with E-state index in [1.165, 1.54) is 17.7 Å². The van der Waals surface area contributed by atoms with Crippen LogP contribution in [0, 0.1) is 0 Å². The van der Waals surface area contributed by atoms with Crippen molar-refractivity contribution in [2.75, 3.05) is 0 Å². The minimum Gasteiger partial charge on any atom is -0.478 e. The summed E-state index contributed by atoms with van der Waals surface area (Å²) in [4.78, 5) is 25.0. The molecule has 13 heavy (non-hydrogen) atoms. The van der Waals surface area contributed by atoms with Crippen LogP contribution in [0.25, 0.3) is 0 Å². The molecule has 0 spiro atoms. The molecule has 0 radical (unpaired) electrons. The Morgan fingerprint density at radius 3 is 2.62 bits per heavy atom. The Kier molecular flexibility index (Phi) is 2.56. The Labute approximate surface area is 72.8 Å². The largest absolute Gasteiger partial charge is 0.478 e. The second-order valence-corrected chi connectivity index (χ2v) is 2.17. The van der Waals surface area contributed by atoms with E-state index in [9.17, 15) is 9.59 Å². The molecular formula is C7H6N2O4. The molecule has 1 aromatic rings. The number of rotatable bonds is 2. The van der Waals surface area contributed by atoms with E-state index in [2.05, 4.69) is 4.98 Å². The Hall–Kier alpha value is -1.95. The lowest BCUT2D eigenvalue weighted by Gasteiger charge is -2.01. The van der Waals surface area contributed by atoms with Gasteiger partial charge in [-0.05, 0) is 6.07 Å². The van der Waals surface area contributed by atoms with Crippen LogP contribution in [-0.2, 0) is 0 Å². The van der Waals surface area contributed by atoms with Crippen molar-refractivity contribution in [2.45, 2.75) is 0 Å². The van der Waals surface area contributed by atoms with Crippen LogP contribution in [-0.4, -0.2) is 27.2 Å². The third kappa shape index (κ3) is 1.79. The maximum atomic E-state index is 10.9. The van der Waals surface area contributed by atoms with Gasteiger partial charge in [-0.2, -0.15) is 0 Å². The lowest BCUT2D eigenvalue weighted by molar-refractivity contribution is 0.0661. The first-order valence-electron chi connectivity index (χ1n) is 3.28. The monoisotopic (exact) mass is 182 g/mol. The average molecular weight is 182 g/mol. The number of carbonyl (C=O) groups is 2. The van der Waals surface area contributed by atoms with Crippen LogP contribution in [0.15, 0.2) is 18.5 Å². The molecule has 0 unspecified atom stereocenters. The summed E-state index contributed by atoms with van der Waals surface area (Å²) in [7, 11) is 0. The number of nitrogens with zero attached hydrogens (tertiary/aromatic N) is 1. The quantitative estimate of drug-likeness (QED) is 0.438. The molecule has 0 bridgehead atoms. The van der Waals surface area contributed by atoms with Crippen LogP contribution in [0.2, 0.25) is 0 Å². The maximum Gasteiger partial charge on any atom is 0.338 e. The van der Waals surface area contributed by atoms with Gasteiger partial charge >= 0.3 is 5.97 Å². The molecule has 0 atom stereocenters. The molecule has 0 saturated carbocycles. The van der Waals surface area contributed by atoms with Gasteiger partial charge in [-0.1, -0.05) is 0 Å². The van der Waals surface area contributed by atoms with Crippen molar-refractivity contribution in [1.82, 2.24) is 10.5 Å². The Morgan fingerprint density at radius 1 is 1.38 bits per heavy atom. The van der Waals surface area contributed by atoms with Crippen LogP contribution < -0.4 is 5.48 Å². The topological polar surface area (TPSA) is 99.5 Å². The van der Waals surface area contributed by atoms with E-state index in [0.29, 0.717) is 0 Å². The van der Waals surface area contributed by atoms with Gasteiger partial charge < -0.3 is 5.11 Å². The number of aromatic nitrogens is 1. The van der Waals surface area contributed by atoms with Crippen molar-refractivity contribution in [2.24, 2.45) is 0 Å². The lowest BCUT2D eigenvalue weighted by atomic mass is 10.1. The minimum absolute atomic E-state index is 0.134. The second-order valence-electron chi connectivity index (χ2n) is 2.17. The fourth-order valence-electron chi connectivity index (χ4n) is 0.823. The molecule has 1 amide bonds. The van der Waals surface area contributed by atoms with Crippen molar-refractivity contribution >= 4 is 11.9 Å². The van der Waals surface area contributed by atoms with Gasteiger partial charge in [0, 0.05) is 12.4 Å². The van der Waals surface area contributed by atoms with Crippen molar-refractivity contribution < 1.29 is 19.9 Å². The average Bonchev–Trinajstić information content (AvgIpc) is 2.16. The number of pyridine rings is 1. The van der Waals surface area contributed by atoms with Gasteiger partial charge in [0.25, 0.3) is 5.91 Å². The number of nitrogens with one attached hydrogen (secondary N) is 1. The standard InChI is InChI=1S/C7H6N2O4/c10-6(9-13)4-1-2-8-3-5(4)7(11)12/h1-3,13H,(H,9,10)(H,11,12). The molecule has 0 aromatic carbocycles. The molecule has 1 rings (SSSR count). The highest BCUT2D eigenvalue weighted by atomic mass is 16.5. The SMILES string of the molecule is O=C(O)c1cnccc1C(=O)NO. The van der Waals surface area contributed by atoms with Crippen molar-refractivity contribution in [3.63, 3.8) is 0 Å². The van der Waals surface area contributed by atoms with Crippen LogP contribution in [0.3, 0.4) is 0 Å². The number of amides is 1. The Balaban J connectivity index is 3.19. The van der Waals surface area contributed by atoms with E-state index in [1.54, 1.807) is 0 Å². The van der Waals surface area contributed by atoms with Crippen LogP contribution in [0.1, 0.15) is 20.7 Å². The van der Waals surface area contributed by atoms with Gasteiger partial charge in [-0.15, -0.1) is 0 Å². The normalized spacial score (nSPS) is 9.31. The van der Waals surface area contributed by atoms with Gasteiger partial charge in [0.2, 0.25) is 0 Å². The van der Waals surface area contributed by atoms with E-state index in [4.69, 9.17) is 10.3 Å². The summed E-state index contributed by atoms with van der Waals surface area (Å²) >= 11 is 0. The molecule has 6 heteroatoms. The molecule has 68 valence electrons. The molecule has 0 aliphatic heterocycles. The number of aromatic carboxylic acids is 1. The van der Waals surface area contributed by atoms with Crippen LogP contribution >= 0.6 is 0 Å². The number of hydroxylamine groups is 1. The first kappa shape index (κ1) is 9.14. The third-order valence-electron chi connectivity index (χ3n) is 1.40. The Morgan fingerprint density at radius 2 is 2.08 bits per heavy atom. The number of hydrogen-bond acceptors (Lipinski definition) is 4. The summed E-state index contributed by atoms with van der Waals surface area (Å²) in [6, 6.07) is 1.20. The van der Waals surface area contributed by atoms with Gasteiger partial charge in [0.1, 0.15) is 0 Å². The highest BCUT2D eigenvalue weighted by molar-refractivity contribution is 6.03. The number of carboxylic acid groups (broad SMARTS) is 1. The molecule has 3 N–H and O–H groups in total. The van der Waals surface area contributed by atoms with Crippen molar-refractivity contribution in [3.8, 4) is 0 Å². The molecule has 0 aliphatic rings. The molecule has 6 nitrogen and oxygen atoms in total. The van der Waals surface area contributed by atoms with E-state index in [0.717, 1.165) is 6.20 Å². The summed E-state index contributed by atoms with van der Waals surface area (Å²) in [6.45, 7) is 0. The summed E-state index contributed by atoms with van der Waals surface area (Å²) in [6.07, 6.45) is 2.30. The highest BCUT2D eigenvalue weighted by Crippen LogP contribution is 2.05. The van der Waals surface area contributed by atoms with Gasteiger partial charge in [-0.3, -0.25) is 15.0 Å². The second kappa shape index (κ2) is 3.63. The number of hydrogen-bond donors (Lipinski definition) is 3. The summed E-state index contributed by atoms with van der Waals surface area (Å²) in [5, 5.41) is 16.9. The number of carbonyl (C=O) groups excluding carboxylic acids is 1. The predicted molar refractivity (Wildman–Crippen MR) is 40.4 cm³/mol. The molecule has 1 aromatic heterocycles. The van der Waals surface area contributed by atoms with Crippen molar-refractivity contribution in [1.29, 1.82) is 0 Å². The zero-order valence-corrected chi connectivity index (χ0v) is 6.39. The van der Waals surface area contributed by atoms with Gasteiger partial charge in [0.15, 0.2) is 0 Å². The predicted octanol–water partition coefficient (Wildman–Crippen LogP) is -0.101. The molecule has 0 fully saturated rings. The van der Waals surface area contributed by atoms with E-state index < -0.39 is 11.9 Å². The summed E-state index contributed by atoms with van der Waals surface area (Å²) in [5.74, 6) is -2.15. The summed E-state index contributed by atoms with van der Waals surface area (Å²) < 4.78 is 0. The molecule has 0 aliphatic carbocycles. The molecule has 0 saturated heterocycles.